The molecular formula is C25H18F6O6. The molecule has 0 aliphatic carbocycles. The number of halogens is 6. The molecular weight excluding hydrogens is 510 g/mol. The molecule has 0 fully saturated rings. The number of Topliss-reactive ketones (excluding diaryl/α,β-unsaturated/α-hetero) is 2. The van der Waals surface area contributed by atoms with E-state index in [2.05, 4.69) is 9.47 Å². The maximum atomic E-state index is 13.7. The number of fused-ring (bicyclic) bond motifs is 1. The van der Waals surface area contributed by atoms with Gasteiger partial charge in [-0.05, 0) is 16.8 Å². The Morgan fingerprint density at radius 3 is 1.65 bits per heavy atom. The van der Waals surface area contributed by atoms with Gasteiger partial charge in [-0.1, -0.05) is 66.7 Å². The van der Waals surface area contributed by atoms with Gasteiger partial charge in [-0.2, -0.15) is 26.3 Å². The highest BCUT2D eigenvalue weighted by atomic mass is 19.4. The van der Waals surface area contributed by atoms with Crippen molar-refractivity contribution in [2.45, 2.75) is 24.9 Å². The third kappa shape index (κ3) is 6.32. The average Bonchev–Trinajstić information content (AvgIpc) is 2.85. The molecule has 37 heavy (non-hydrogen) atoms. The van der Waals surface area contributed by atoms with E-state index in [1.807, 2.05) is 0 Å². The molecule has 0 heterocycles. The maximum absolute atomic E-state index is 13.7. The molecule has 0 N–H and O–H groups in total. The van der Waals surface area contributed by atoms with E-state index in [1.165, 1.54) is 25.3 Å². The number of ether oxygens (including phenoxy) is 2. The Morgan fingerprint density at radius 1 is 0.676 bits per heavy atom. The Morgan fingerprint density at radius 2 is 1.19 bits per heavy atom. The van der Waals surface area contributed by atoms with E-state index in [0.29, 0.717) is 22.9 Å². The summed E-state index contributed by atoms with van der Waals surface area (Å²) in [5.41, 5.74) is -6.76. The number of benzene rings is 3. The van der Waals surface area contributed by atoms with Gasteiger partial charge < -0.3 is 9.47 Å². The second-order valence-corrected chi connectivity index (χ2v) is 7.37. The summed E-state index contributed by atoms with van der Waals surface area (Å²) in [7, 11) is 1.17. The summed E-state index contributed by atoms with van der Waals surface area (Å²) in [4.78, 5) is 44.4. The van der Waals surface area contributed by atoms with Crippen LogP contribution in [0.4, 0.5) is 26.3 Å². The van der Waals surface area contributed by atoms with Crippen LogP contribution >= 0.6 is 0 Å². The summed E-state index contributed by atoms with van der Waals surface area (Å²) in [6.07, 6.45) is -12.2. The number of methoxy groups -OCH3 is 1. The Balaban J connectivity index is 0.000000604. The predicted molar refractivity (Wildman–Crippen MR) is 117 cm³/mol. The predicted octanol–water partition coefficient (Wildman–Crippen LogP) is 5.33. The van der Waals surface area contributed by atoms with Crippen molar-refractivity contribution in [2.75, 3.05) is 7.11 Å². The van der Waals surface area contributed by atoms with E-state index in [9.17, 15) is 45.5 Å². The lowest BCUT2D eigenvalue weighted by molar-refractivity contribution is -0.376. The van der Waals surface area contributed by atoms with Crippen molar-refractivity contribution in [1.82, 2.24) is 0 Å². The Hall–Kier alpha value is -4.22. The van der Waals surface area contributed by atoms with Gasteiger partial charge in [0.25, 0.3) is 5.78 Å². The van der Waals surface area contributed by atoms with Crippen LogP contribution in [0.1, 0.15) is 22.8 Å². The fourth-order valence-corrected chi connectivity index (χ4v) is 3.11. The second-order valence-electron chi connectivity index (χ2n) is 7.37. The van der Waals surface area contributed by atoms with Gasteiger partial charge in [-0.3, -0.25) is 9.59 Å². The van der Waals surface area contributed by atoms with Crippen LogP contribution in [0.25, 0.3) is 10.8 Å². The van der Waals surface area contributed by atoms with Crippen LogP contribution < -0.4 is 0 Å². The molecule has 0 amide bonds. The third-order valence-electron chi connectivity index (χ3n) is 4.89. The molecule has 3 rings (SSSR count). The molecule has 0 unspecified atom stereocenters. The fraction of sp³-hybridized carbons (Fsp3) is 0.200. The smallest absolute Gasteiger partial charge is 0.442 e. The Labute approximate surface area is 205 Å². The van der Waals surface area contributed by atoms with Crippen LogP contribution in [0.3, 0.4) is 0 Å². The van der Waals surface area contributed by atoms with E-state index in [4.69, 9.17) is 0 Å². The van der Waals surface area contributed by atoms with Crippen LogP contribution in [0.15, 0.2) is 72.8 Å². The molecule has 0 bridgehead atoms. The van der Waals surface area contributed by atoms with E-state index < -0.39 is 52.6 Å². The van der Waals surface area contributed by atoms with E-state index in [-0.39, 0.29) is 0 Å². The first-order valence-corrected chi connectivity index (χ1v) is 10.2. The number of rotatable bonds is 5. The molecule has 0 radical (unpaired) electrons. The van der Waals surface area contributed by atoms with Crippen LogP contribution in [-0.2, 0) is 29.5 Å². The topological polar surface area (TPSA) is 86.7 Å². The van der Waals surface area contributed by atoms with Crippen molar-refractivity contribution >= 4 is 34.3 Å². The SMILES string of the molecule is COC(=O)C(C)=O.O=C(OC(c1ccccc1)(C(F)(F)F)C(F)(F)F)C(=O)c1ccc2ccccc2c1. The second kappa shape index (κ2) is 11.2. The van der Waals surface area contributed by atoms with Gasteiger partial charge in [0.2, 0.25) is 5.78 Å². The van der Waals surface area contributed by atoms with Gasteiger partial charge in [-0.15, -0.1) is 0 Å². The van der Waals surface area contributed by atoms with Crippen molar-refractivity contribution in [2.24, 2.45) is 0 Å². The van der Waals surface area contributed by atoms with E-state index in [0.717, 1.165) is 25.1 Å². The summed E-state index contributed by atoms with van der Waals surface area (Å²) in [5.74, 6) is -5.26. The fourth-order valence-electron chi connectivity index (χ4n) is 3.11. The highest BCUT2D eigenvalue weighted by Gasteiger charge is 2.75. The first-order valence-electron chi connectivity index (χ1n) is 10.2. The normalized spacial score (nSPS) is 11.7. The van der Waals surface area contributed by atoms with Gasteiger partial charge >= 0.3 is 29.9 Å². The van der Waals surface area contributed by atoms with Crippen molar-refractivity contribution in [3.05, 3.63) is 83.9 Å². The summed E-state index contributed by atoms with van der Waals surface area (Å²) >= 11 is 0. The first kappa shape index (κ1) is 29.0. The zero-order chi connectivity index (χ0) is 28.0. The lowest BCUT2D eigenvalue weighted by atomic mass is 9.91. The van der Waals surface area contributed by atoms with Gasteiger partial charge in [0, 0.05) is 18.1 Å². The molecule has 0 saturated carbocycles. The Kier molecular flexibility index (Phi) is 8.81. The zero-order valence-electron chi connectivity index (χ0n) is 19.1. The summed E-state index contributed by atoms with van der Waals surface area (Å²) < 4.78 is 90.1. The van der Waals surface area contributed by atoms with Crippen molar-refractivity contribution < 1.29 is 55.0 Å². The molecule has 196 valence electrons. The molecule has 12 heteroatoms. The number of alkyl halides is 6. The number of hydrogen-bond donors (Lipinski definition) is 0. The van der Waals surface area contributed by atoms with Crippen molar-refractivity contribution in [3.63, 3.8) is 0 Å². The number of ketones is 2. The molecule has 3 aromatic carbocycles. The van der Waals surface area contributed by atoms with Crippen molar-refractivity contribution in [3.8, 4) is 0 Å². The molecule has 0 saturated heterocycles. The number of hydrogen-bond acceptors (Lipinski definition) is 6. The standard InChI is InChI=1S/C21H12F6O3.C4H6O3/c22-20(23,24)19(21(25,26)27,16-8-2-1-3-9-16)30-18(29)17(28)15-11-10-13-6-4-5-7-14(13)12-15;1-3(5)4(6)7-2/h1-12H;1-2H3. The highest BCUT2D eigenvalue weighted by Crippen LogP contribution is 2.53. The quantitative estimate of drug-likeness (QED) is 0.193. The van der Waals surface area contributed by atoms with Gasteiger partial charge in [-0.25, -0.2) is 9.59 Å². The van der Waals surface area contributed by atoms with E-state index in [1.54, 1.807) is 24.3 Å². The minimum Gasteiger partial charge on any atom is -0.463 e. The number of esters is 2. The van der Waals surface area contributed by atoms with Crippen LogP contribution in [0.2, 0.25) is 0 Å². The Bertz CT molecular complexity index is 1280. The van der Waals surface area contributed by atoms with Crippen LogP contribution in [0, 0.1) is 0 Å². The number of carbonyl (C=O) groups excluding carboxylic acids is 4. The van der Waals surface area contributed by atoms with Gasteiger partial charge in [0.05, 0.1) is 7.11 Å². The van der Waals surface area contributed by atoms with Gasteiger partial charge in [0.1, 0.15) is 0 Å². The summed E-state index contributed by atoms with van der Waals surface area (Å²) in [6, 6.07) is 14.4. The molecule has 0 aromatic heterocycles. The van der Waals surface area contributed by atoms with Gasteiger partial charge in [0.15, 0.2) is 0 Å². The summed E-state index contributed by atoms with van der Waals surface area (Å²) in [5, 5.41) is 1.13. The minimum atomic E-state index is -6.08. The van der Waals surface area contributed by atoms with Crippen LogP contribution in [0.5, 0.6) is 0 Å². The largest absolute Gasteiger partial charge is 0.463 e. The lowest BCUT2D eigenvalue weighted by Crippen LogP contribution is -2.57. The van der Waals surface area contributed by atoms with Crippen molar-refractivity contribution in [1.29, 1.82) is 0 Å². The molecule has 6 nitrogen and oxygen atoms in total. The molecule has 3 aromatic rings. The highest BCUT2D eigenvalue weighted by molar-refractivity contribution is 6.41. The monoisotopic (exact) mass is 528 g/mol. The molecule has 0 spiro atoms. The molecule has 0 aliphatic rings. The first-order chi connectivity index (χ1) is 17.2. The minimum absolute atomic E-state index is 0.398. The number of carbonyl (C=O) groups is 4. The van der Waals surface area contributed by atoms with E-state index >= 15 is 0 Å². The van der Waals surface area contributed by atoms with Crippen LogP contribution in [-0.4, -0.2) is 43.0 Å². The summed E-state index contributed by atoms with van der Waals surface area (Å²) in [6.45, 7) is 1.16. The molecule has 0 atom stereocenters. The maximum Gasteiger partial charge on any atom is 0.442 e. The third-order valence-corrected chi connectivity index (χ3v) is 4.89. The zero-order valence-corrected chi connectivity index (χ0v) is 19.1. The molecule has 0 aliphatic heterocycles. The lowest BCUT2D eigenvalue weighted by Gasteiger charge is -2.36. The average molecular weight is 528 g/mol.